The molecule has 0 aromatic heterocycles. The molecule has 1 heterocycles. The number of nitrogens with zero attached hydrogens (tertiary/aromatic N) is 1. The number of likely N-dealkylation sites (tertiary alicyclic amines) is 1. The number of halogens is 2. The van der Waals surface area contributed by atoms with Gasteiger partial charge in [0.15, 0.2) is 0 Å². The van der Waals surface area contributed by atoms with E-state index in [4.69, 9.17) is 0 Å². The highest BCUT2D eigenvalue weighted by Crippen LogP contribution is 2.13. The third-order valence-corrected chi connectivity index (χ3v) is 3.83. The molecule has 1 N–H and O–H groups in total. The Morgan fingerprint density at radius 1 is 1.30 bits per heavy atom. The highest BCUT2D eigenvalue weighted by atomic mass is 127. The van der Waals surface area contributed by atoms with Crippen molar-refractivity contribution in [2.24, 2.45) is 0 Å². The Morgan fingerprint density at radius 3 is 2.55 bits per heavy atom. The molecule has 106 valence electrons. The van der Waals surface area contributed by atoms with Crippen LogP contribution in [0.4, 0.5) is 4.39 Å². The third kappa shape index (κ3) is 3.33. The van der Waals surface area contributed by atoms with Gasteiger partial charge in [-0.3, -0.25) is 19.3 Å². The second-order valence-electron chi connectivity index (χ2n) is 4.32. The number of rotatable bonds is 4. The molecule has 0 spiro atoms. The van der Waals surface area contributed by atoms with Crippen LogP contribution in [-0.2, 0) is 9.59 Å². The minimum atomic E-state index is -0.455. The van der Waals surface area contributed by atoms with Gasteiger partial charge in [-0.15, -0.1) is 0 Å². The number of imide groups is 1. The summed E-state index contributed by atoms with van der Waals surface area (Å²) in [4.78, 5) is 35.6. The number of hydrogen-bond acceptors (Lipinski definition) is 3. The van der Waals surface area contributed by atoms with Crippen LogP contribution in [-0.4, -0.2) is 35.7 Å². The second-order valence-corrected chi connectivity index (χ2v) is 5.49. The second kappa shape index (κ2) is 6.29. The lowest BCUT2D eigenvalue weighted by atomic mass is 10.2. The summed E-state index contributed by atoms with van der Waals surface area (Å²) in [5.41, 5.74) is 0.210. The molecule has 1 saturated heterocycles. The summed E-state index contributed by atoms with van der Waals surface area (Å²) in [5.74, 6) is -1.32. The summed E-state index contributed by atoms with van der Waals surface area (Å²) in [6.07, 6.45) is 0.463. The summed E-state index contributed by atoms with van der Waals surface area (Å²) in [5, 5.41) is 2.56. The lowest BCUT2D eigenvalue weighted by molar-refractivity contribution is -0.138. The molecule has 1 aliphatic rings. The first kappa shape index (κ1) is 14.9. The summed E-state index contributed by atoms with van der Waals surface area (Å²) in [7, 11) is 0. The summed E-state index contributed by atoms with van der Waals surface area (Å²) in [6.45, 7) is 0.306. The molecule has 1 aliphatic heterocycles. The third-order valence-electron chi connectivity index (χ3n) is 2.96. The van der Waals surface area contributed by atoms with Crippen LogP contribution in [0.2, 0.25) is 0 Å². The van der Waals surface area contributed by atoms with E-state index in [1.54, 1.807) is 0 Å². The van der Waals surface area contributed by atoms with Gasteiger partial charge in [-0.1, -0.05) is 0 Å². The lowest BCUT2D eigenvalue weighted by Gasteiger charge is -2.14. The van der Waals surface area contributed by atoms with E-state index in [2.05, 4.69) is 5.32 Å². The van der Waals surface area contributed by atoms with E-state index in [-0.39, 0.29) is 43.3 Å². The van der Waals surface area contributed by atoms with Crippen LogP contribution in [0, 0.1) is 9.39 Å². The van der Waals surface area contributed by atoms with E-state index in [0.717, 1.165) is 11.0 Å². The fourth-order valence-electron chi connectivity index (χ4n) is 1.89. The summed E-state index contributed by atoms with van der Waals surface area (Å²) >= 11 is 1.83. The average molecular weight is 390 g/mol. The predicted molar refractivity (Wildman–Crippen MR) is 77.4 cm³/mol. The van der Waals surface area contributed by atoms with Crippen LogP contribution >= 0.6 is 22.6 Å². The molecule has 0 saturated carbocycles. The Hall–Kier alpha value is -1.51. The van der Waals surface area contributed by atoms with Gasteiger partial charge in [0.05, 0.1) is 0 Å². The molecule has 0 atom stereocenters. The number of carbonyl (C=O) groups excluding carboxylic acids is 3. The molecule has 1 aromatic carbocycles. The van der Waals surface area contributed by atoms with E-state index in [1.165, 1.54) is 12.1 Å². The van der Waals surface area contributed by atoms with Gasteiger partial charge in [0.2, 0.25) is 11.8 Å². The normalized spacial score (nSPS) is 14.8. The number of carbonyl (C=O) groups is 3. The van der Waals surface area contributed by atoms with Crippen LogP contribution in [0.15, 0.2) is 18.2 Å². The quantitative estimate of drug-likeness (QED) is 0.623. The van der Waals surface area contributed by atoms with E-state index in [0.29, 0.717) is 3.57 Å². The van der Waals surface area contributed by atoms with Crippen LogP contribution in [0.1, 0.15) is 23.2 Å². The standard InChI is InChI=1S/C13H12FIN2O3/c14-9-7-8(1-2-10(9)15)13(20)16-5-6-17-11(18)3-4-12(17)19/h1-2,7H,3-6H2,(H,16,20). The van der Waals surface area contributed by atoms with E-state index < -0.39 is 11.7 Å². The van der Waals surface area contributed by atoms with E-state index >= 15 is 0 Å². The maximum atomic E-state index is 13.3. The fraction of sp³-hybridized carbons (Fsp3) is 0.308. The molecule has 7 heteroatoms. The molecule has 0 radical (unpaired) electrons. The van der Waals surface area contributed by atoms with Gasteiger partial charge < -0.3 is 5.32 Å². The largest absolute Gasteiger partial charge is 0.350 e. The van der Waals surface area contributed by atoms with Crippen LogP contribution < -0.4 is 5.32 Å². The lowest BCUT2D eigenvalue weighted by Crippen LogP contribution is -2.37. The zero-order chi connectivity index (χ0) is 14.7. The summed E-state index contributed by atoms with van der Waals surface area (Å²) in [6, 6.07) is 4.19. The number of amides is 3. The highest BCUT2D eigenvalue weighted by molar-refractivity contribution is 14.1. The molecule has 0 bridgehead atoms. The van der Waals surface area contributed by atoms with E-state index in [1.807, 2.05) is 22.6 Å². The minimum absolute atomic E-state index is 0.149. The van der Waals surface area contributed by atoms with Crippen molar-refractivity contribution >= 4 is 40.3 Å². The molecular formula is C13H12FIN2O3. The Morgan fingerprint density at radius 2 is 1.95 bits per heavy atom. The molecule has 3 amide bonds. The van der Waals surface area contributed by atoms with Crippen LogP contribution in [0.25, 0.3) is 0 Å². The van der Waals surface area contributed by atoms with Crippen molar-refractivity contribution in [2.45, 2.75) is 12.8 Å². The van der Waals surface area contributed by atoms with Gasteiger partial charge >= 0.3 is 0 Å². The maximum Gasteiger partial charge on any atom is 0.251 e. The fourth-order valence-corrected chi connectivity index (χ4v) is 2.23. The molecule has 2 rings (SSSR count). The van der Waals surface area contributed by atoms with Gasteiger partial charge in [0.25, 0.3) is 5.91 Å². The molecular weight excluding hydrogens is 378 g/mol. The molecule has 1 fully saturated rings. The van der Waals surface area contributed by atoms with Gasteiger partial charge in [0, 0.05) is 35.1 Å². The monoisotopic (exact) mass is 390 g/mol. The number of nitrogens with one attached hydrogen (secondary N) is 1. The molecule has 0 unspecified atom stereocenters. The molecule has 0 aliphatic carbocycles. The van der Waals surface area contributed by atoms with Crippen molar-refractivity contribution in [3.63, 3.8) is 0 Å². The summed E-state index contributed by atoms with van der Waals surface area (Å²) < 4.78 is 13.8. The topological polar surface area (TPSA) is 66.5 Å². The Balaban J connectivity index is 1.87. The van der Waals surface area contributed by atoms with Crippen molar-refractivity contribution in [1.82, 2.24) is 10.2 Å². The van der Waals surface area contributed by atoms with Crippen molar-refractivity contribution in [1.29, 1.82) is 0 Å². The molecule has 1 aromatic rings. The number of hydrogen-bond donors (Lipinski definition) is 1. The first-order valence-corrected chi connectivity index (χ1v) is 7.13. The van der Waals surface area contributed by atoms with Crippen LogP contribution in [0.5, 0.6) is 0 Å². The first-order valence-electron chi connectivity index (χ1n) is 6.05. The number of benzene rings is 1. The van der Waals surface area contributed by atoms with Crippen molar-refractivity contribution in [3.8, 4) is 0 Å². The Labute approximate surface area is 128 Å². The highest BCUT2D eigenvalue weighted by Gasteiger charge is 2.28. The molecule has 20 heavy (non-hydrogen) atoms. The average Bonchev–Trinajstić information content (AvgIpc) is 2.73. The van der Waals surface area contributed by atoms with Crippen molar-refractivity contribution < 1.29 is 18.8 Å². The maximum absolute atomic E-state index is 13.3. The Kier molecular flexibility index (Phi) is 4.69. The Bertz CT molecular complexity index is 561. The zero-order valence-electron chi connectivity index (χ0n) is 10.5. The SMILES string of the molecule is O=C(NCCN1C(=O)CCC1=O)c1ccc(I)c(F)c1. The van der Waals surface area contributed by atoms with Gasteiger partial charge in [-0.05, 0) is 40.8 Å². The predicted octanol–water partition coefficient (Wildman–Crippen LogP) is 1.31. The van der Waals surface area contributed by atoms with Gasteiger partial charge in [-0.2, -0.15) is 0 Å². The van der Waals surface area contributed by atoms with Gasteiger partial charge in [-0.25, -0.2) is 4.39 Å². The molecule has 5 nitrogen and oxygen atoms in total. The first-order chi connectivity index (χ1) is 9.49. The van der Waals surface area contributed by atoms with Crippen molar-refractivity contribution in [3.05, 3.63) is 33.1 Å². The zero-order valence-corrected chi connectivity index (χ0v) is 12.6. The van der Waals surface area contributed by atoms with Crippen LogP contribution in [0.3, 0.4) is 0 Å². The van der Waals surface area contributed by atoms with Gasteiger partial charge in [0.1, 0.15) is 5.82 Å². The smallest absolute Gasteiger partial charge is 0.251 e. The van der Waals surface area contributed by atoms with Crippen molar-refractivity contribution in [2.75, 3.05) is 13.1 Å². The minimum Gasteiger partial charge on any atom is -0.350 e. The van der Waals surface area contributed by atoms with E-state index in [9.17, 15) is 18.8 Å².